The SMILES string of the molecule is Cc1cc([N+](=O)[O-])ccc1N[C@H](NC(=O)c1ccco1)C(=O)c1ccccc1. The van der Waals surface area contributed by atoms with E-state index in [1.54, 1.807) is 43.3 Å². The van der Waals surface area contributed by atoms with Crippen LogP contribution in [-0.2, 0) is 0 Å². The average Bonchev–Trinajstić information content (AvgIpc) is 3.23. The highest BCUT2D eigenvalue weighted by Crippen LogP contribution is 2.22. The molecule has 8 nitrogen and oxygen atoms in total. The normalized spacial score (nSPS) is 11.5. The van der Waals surface area contributed by atoms with Crippen molar-refractivity contribution in [3.05, 3.63) is 93.9 Å². The summed E-state index contributed by atoms with van der Waals surface area (Å²) in [5, 5.41) is 16.5. The minimum atomic E-state index is -1.10. The minimum Gasteiger partial charge on any atom is -0.459 e. The number of amides is 1. The van der Waals surface area contributed by atoms with Crippen LogP contribution in [0, 0.1) is 17.0 Å². The van der Waals surface area contributed by atoms with E-state index in [0.29, 0.717) is 16.8 Å². The molecule has 0 saturated heterocycles. The summed E-state index contributed by atoms with van der Waals surface area (Å²) in [5.41, 5.74) is 1.39. The highest BCUT2D eigenvalue weighted by molar-refractivity contribution is 6.04. The van der Waals surface area contributed by atoms with Gasteiger partial charge in [0.05, 0.1) is 11.2 Å². The van der Waals surface area contributed by atoms with Crippen LogP contribution in [0.2, 0.25) is 0 Å². The van der Waals surface area contributed by atoms with Gasteiger partial charge in [-0.2, -0.15) is 0 Å². The quantitative estimate of drug-likeness (QED) is 0.281. The number of nitro groups is 1. The van der Waals surface area contributed by atoms with Crippen molar-refractivity contribution >= 4 is 23.1 Å². The molecule has 3 rings (SSSR count). The molecule has 0 bridgehead atoms. The van der Waals surface area contributed by atoms with Gasteiger partial charge in [0, 0.05) is 23.4 Å². The lowest BCUT2D eigenvalue weighted by molar-refractivity contribution is -0.384. The van der Waals surface area contributed by atoms with Crippen molar-refractivity contribution in [2.45, 2.75) is 13.1 Å². The van der Waals surface area contributed by atoms with Gasteiger partial charge in [0.15, 0.2) is 11.9 Å². The van der Waals surface area contributed by atoms with Crippen LogP contribution in [0.1, 0.15) is 26.5 Å². The highest BCUT2D eigenvalue weighted by Gasteiger charge is 2.24. The van der Waals surface area contributed by atoms with Crippen LogP contribution in [0.5, 0.6) is 0 Å². The van der Waals surface area contributed by atoms with Crippen LogP contribution in [0.25, 0.3) is 0 Å². The van der Waals surface area contributed by atoms with Gasteiger partial charge in [-0.1, -0.05) is 30.3 Å². The Bertz CT molecular complexity index is 1000. The molecule has 1 atom stereocenters. The number of carbonyl (C=O) groups is 2. The van der Waals surface area contributed by atoms with E-state index in [1.807, 2.05) is 0 Å². The summed E-state index contributed by atoms with van der Waals surface area (Å²) in [6.07, 6.45) is 0.261. The number of Topliss-reactive ketones (excluding diaryl/α,β-unsaturated/α-hetero) is 1. The second kappa shape index (κ2) is 8.17. The first-order chi connectivity index (χ1) is 13.5. The third-order valence-corrected chi connectivity index (χ3v) is 4.06. The number of aryl methyl sites for hydroxylation is 1. The summed E-state index contributed by atoms with van der Waals surface area (Å²) < 4.78 is 5.07. The van der Waals surface area contributed by atoms with Crippen molar-refractivity contribution in [3.63, 3.8) is 0 Å². The standard InChI is InChI=1S/C20H17N3O5/c1-13-12-15(23(26)27)9-10-16(13)21-19(18(24)14-6-3-2-4-7-14)22-20(25)17-8-5-11-28-17/h2-12,19,21H,1H3,(H,22,25)/t19-/m1/s1. The van der Waals surface area contributed by atoms with Gasteiger partial charge in [-0.15, -0.1) is 0 Å². The largest absolute Gasteiger partial charge is 0.459 e. The minimum absolute atomic E-state index is 0.0615. The summed E-state index contributed by atoms with van der Waals surface area (Å²) in [4.78, 5) is 35.7. The number of nitrogens with zero attached hydrogens (tertiary/aromatic N) is 1. The number of furan rings is 1. The fourth-order valence-electron chi connectivity index (χ4n) is 2.63. The van der Waals surface area contributed by atoms with E-state index in [0.717, 1.165) is 0 Å². The molecule has 0 aliphatic rings. The maximum atomic E-state index is 12.9. The van der Waals surface area contributed by atoms with Gasteiger partial charge < -0.3 is 15.1 Å². The molecule has 0 spiro atoms. The van der Waals surface area contributed by atoms with Crippen LogP contribution in [0.4, 0.5) is 11.4 Å². The van der Waals surface area contributed by atoms with Gasteiger partial charge in [-0.3, -0.25) is 19.7 Å². The Balaban J connectivity index is 1.88. The molecule has 2 aromatic carbocycles. The lowest BCUT2D eigenvalue weighted by Gasteiger charge is -2.21. The molecule has 2 N–H and O–H groups in total. The third kappa shape index (κ3) is 4.24. The van der Waals surface area contributed by atoms with Crippen LogP contribution < -0.4 is 10.6 Å². The van der Waals surface area contributed by atoms with Crippen LogP contribution in [0.15, 0.2) is 71.3 Å². The Kier molecular flexibility index (Phi) is 5.50. The lowest BCUT2D eigenvalue weighted by atomic mass is 10.1. The van der Waals surface area contributed by atoms with Gasteiger partial charge in [-0.05, 0) is 30.7 Å². The topological polar surface area (TPSA) is 114 Å². The van der Waals surface area contributed by atoms with E-state index in [9.17, 15) is 19.7 Å². The number of nitrogens with one attached hydrogen (secondary N) is 2. The molecule has 0 unspecified atom stereocenters. The van der Waals surface area contributed by atoms with Gasteiger partial charge in [-0.25, -0.2) is 0 Å². The molecule has 0 aliphatic heterocycles. The number of hydrogen-bond donors (Lipinski definition) is 2. The molecule has 8 heteroatoms. The second-order valence-electron chi connectivity index (χ2n) is 6.01. The molecule has 0 fully saturated rings. The monoisotopic (exact) mass is 379 g/mol. The fourth-order valence-corrected chi connectivity index (χ4v) is 2.63. The highest BCUT2D eigenvalue weighted by atomic mass is 16.6. The zero-order valence-electron chi connectivity index (χ0n) is 14.9. The first-order valence-corrected chi connectivity index (χ1v) is 8.41. The van der Waals surface area contributed by atoms with E-state index in [1.165, 1.54) is 30.5 Å². The Morgan fingerprint density at radius 3 is 2.43 bits per heavy atom. The molecule has 1 aromatic heterocycles. The van der Waals surface area contributed by atoms with E-state index >= 15 is 0 Å². The number of hydrogen-bond acceptors (Lipinski definition) is 6. The van der Waals surface area contributed by atoms with Crippen LogP contribution in [-0.4, -0.2) is 22.8 Å². The van der Waals surface area contributed by atoms with E-state index < -0.39 is 17.0 Å². The van der Waals surface area contributed by atoms with Crippen molar-refractivity contribution < 1.29 is 18.9 Å². The summed E-state index contributed by atoms with van der Waals surface area (Å²) in [6.45, 7) is 1.67. The number of benzene rings is 2. The predicted octanol–water partition coefficient (Wildman–Crippen LogP) is 3.55. The van der Waals surface area contributed by atoms with Crippen molar-refractivity contribution in [3.8, 4) is 0 Å². The zero-order chi connectivity index (χ0) is 20.1. The molecule has 1 heterocycles. The molecule has 0 radical (unpaired) electrons. The maximum Gasteiger partial charge on any atom is 0.288 e. The molecular formula is C20H17N3O5. The first-order valence-electron chi connectivity index (χ1n) is 8.41. The van der Waals surface area contributed by atoms with Gasteiger partial charge in [0.25, 0.3) is 11.6 Å². The van der Waals surface area contributed by atoms with Gasteiger partial charge in [0.2, 0.25) is 5.78 Å². The Morgan fingerprint density at radius 2 is 1.82 bits per heavy atom. The number of nitro benzene ring substituents is 1. The molecule has 28 heavy (non-hydrogen) atoms. The van der Waals surface area contributed by atoms with Crippen molar-refractivity contribution in [1.82, 2.24) is 5.32 Å². The Hall–Kier alpha value is -3.94. The molecule has 0 saturated carbocycles. The van der Waals surface area contributed by atoms with Crippen LogP contribution >= 0.6 is 0 Å². The van der Waals surface area contributed by atoms with Crippen molar-refractivity contribution in [2.24, 2.45) is 0 Å². The summed E-state index contributed by atoms with van der Waals surface area (Å²) in [6, 6.07) is 15.8. The van der Waals surface area contributed by atoms with Crippen LogP contribution in [0.3, 0.4) is 0 Å². The second-order valence-corrected chi connectivity index (χ2v) is 6.01. The Morgan fingerprint density at radius 1 is 1.07 bits per heavy atom. The molecule has 1 amide bonds. The Labute approximate surface area is 160 Å². The maximum absolute atomic E-state index is 12.9. The first kappa shape index (κ1) is 18.8. The number of rotatable bonds is 7. The third-order valence-electron chi connectivity index (χ3n) is 4.06. The van der Waals surface area contributed by atoms with Gasteiger partial charge >= 0.3 is 0 Å². The average molecular weight is 379 g/mol. The fraction of sp³-hybridized carbons (Fsp3) is 0.100. The summed E-state index contributed by atoms with van der Waals surface area (Å²) in [5.74, 6) is -0.863. The number of ketones is 1. The molecule has 3 aromatic rings. The number of non-ortho nitro benzene ring substituents is 1. The summed E-state index contributed by atoms with van der Waals surface area (Å²) >= 11 is 0. The molecule has 142 valence electrons. The zero-order valence-corrected chi connectivity index (χ0v) is 14.9. The van der Waals surface area contributed by atoms with E-state index in [-0.39, 0.29) is 17.2 Å². The lowest BCUT2D eigenvalue weighted by Crippen LogP contribution is -2.46. The predicted molar refractivity (Wildman–Crippen MR) is 102 cm³/mol. The summed E-state index contributed by atoms with van der Waals surface area (Å²) in [7, 11) is 0. The van der Waals surface area contributed by atoms with Crippen molar-refractivity contribution in [2.75, 3.05) is 5.32 Å². The molecular weight excluding hydrogens is 362 g/mol. The number of anilines is 1. The van der Waals surface area contributed by atoms with E-state index in [2.05, 4.69) is 10.6 Å². The smallest absolute Gasteiger partial charge is 0.288 e. The number of carbonyl (C=O) groups excluding carboxylic acids is 2. The van der Waals surface area contributed by atoms with Gasteiger partial charge in [0.1, 0.15) is 0 Å². The molecule has 0 aliphatic carbocycles. The van der Waals surface area contributed by atoms with E-state index in [4.69, 9.17) is 4.42 Å². The van der Waals surface area contributed by atoms with Crippen molar-refractivity contribution in [1.29, 1.82) is 0 Å².